The van der Waals surface area contributed by atoms with E-state index in [9.17, 15) is 13.2 Å². The van der Waals surface area contributed by atoms with Crippen LogP contribution in [-0.4, -0.2) is 45.4 Å². The number of benzene rings is 3. The van der Waals surface area contributed by atoms with E-state index in [2.05, 4.69) is 15.7 Å². The summed E-state index contributed by atoms with van der Waals surface area (Å²) in [5, 5.41) is 8.99. The minimum absolute atomic E-state index is 0.0735. The molecule has 1 aliphatic rings. The highest BCUT2D eigenvalue weighted by atomic mass is 32.2. The molecule has 7 nitrogen and oxygen atoms in total. The van der Waals surface area contributed by atoms with E-state index in [-0.39, 0.29) is 10.8 Å². The third-order valence-corrected chi connectivity index (χ3v) is 7.69. The Kier molecular flexibility index (Phi) is 7.08. The molecule has 1 amide bonds. The van der Waals surface area contributed by atoms with E-state index in [1.807, 2.05) is 30.0 Å². The Balaban J connectivity index is 1.41. The van der Waals surface area contributed by atoms with Crippen LogP contribution in [0.15, 0.2) is 71.6 Å². The Morgan fingerprint density at radius 2 is 1.63 bits per heavy atom. The second kappa shape index (κ2) is 10.2. The van der Waals surface area contributed by atoms with Crippen molar-refractivity contribution in [1.82, 2.24) is 4.90 Å². The van der Waals surface area contributed by atoms with Crippen molar-refractivity contribution < 1.29 is 13.2 Å². The van der Waals surface area contributed by atoms with Gasteiger partial charge in [-0.25, -0.2) is 8.42 Å². The number of aryl methyl sites for hydroxylation is 2. The van der Waals surface area contributed by atoms with Gasteiger partial charge in [-0.15, -0.1) is 0 Å². The molecular formula is C27H28N4O3S. The standard InChI is InChI=1S/C27H28N4O3S/c1-20-4-5-21(2)26(18-20)35(33,34)29-24-10-8-23(9-11-24)27(32)31-15-3-14-30(16-17-31)25-12-6-22(19-28)7-13-25/h4-13,18,29H,3,14-17H2,1-2H3. The minimum Gasteiger partial charge on any atom is -0.370 e. The van der Waals surface area contributed by atoms with E-state index in [1.165, 1.54) is 0 Å². The Hall–Kier alpha value is -3.83. The maximum atomic E-state index is 13.1. The Bertz CT molecular complexity index is 1360. The molecular weight excluding hydrogens is 460 g/mol. The molecule has 0 radical (unpaired) electrons. The summed E-state index contributed by atoms with van der Waals surface area (Å²) in [4.78, 5) is 17.4. The molecule has 0 aliphatic carbocycles. The highest BCUT2D eigenvalue weighted by molar-refractivity contribution is 7.92. The average molecular weight is 489 g/mol. The van der Waals surface area contributed by atoms with Crippen molar-refractivity contribution in [2.75, 3.05) is 35.8 Å². The van der Waals surface area contributed by atoms with Crippen LogP contribution in [0, 0.1) is 25.2 Å². The molecule has 180 valence electrons. The molecule has 3 aromatic carbocycles. The lowest BCUT2D eigenvalue weighted by molar-refractivity contribution is 0.0767. The number of nitrogens with one attached hydrogen (secondary N) is 1. The van der Waals surface area contributed by atoms with Crippen LogP contribution in [-0.2, 0) is 10.0 Å². The normalized spacial score (nSPS) is 14.2. The summed E-state index contributed by atoms with van der Waals surface area (Å²) in [5.41, 5.74) is 4.13. The molecule has 0 bridgehead atoms. The molecule has 1 saturated heterocycles. The summed E-state index contributed by atoms with van der Waals surface area (Å²) in [5.74, 6) is -0.0735. The summed E-state index contributed by atoms with van der Waals surface area (Å²) < 4.78 is 28.3. The first kappa shape index (κ1) is 24.3. The molecule has 1 aliphatic heterocycles. The van der Waals surface area contributed by atoms with Crippen LogP contribution in [0.3, 0.4) is 0 Å². The number of anilines is 2. The van der Waals surface area contributed by atoms with E-state index in [0.717, 1.165) is 24.2 Å². The number of carbonyl (C=O) groups excluding carboxylic acids is 1. The van der Waals surface area contributed by atoms with Crippen LogP contribution in [0.1, 0.15) is 33.5 Å². The Labute approximate surface area is 206 Å². The quantitative estimate of drug-likeness (QED) is 0.577. The third-order valence-electron chi connectivity index (χ3n) is 6.16. The van der Waals surface area contributed by atoms with Crippen molar-refractivity contribution in [1.29, 1.82) is 5.26 Å². The number of hydrogen-bond acceptors (Lipinski definition) is 5. The smallest absolute Gasteiger partial charge is 0.262 e. The Morgan fingerprint density at radius 3 is 2.31 bits per heavy atom. The van der Waals surface area contributed by atoms with Gasteiger partial charge in [-0.1, -0.05) is 12.1 Å². The van der Waals surface area contributed by atoms with Gasteiger partial charge >= 0.3 is 0 Å². The molecule has 0 unspecified atom stereocenters. The van der Waals surface area contributed by atoms with Crippen LogP contribution in [0.2, 0.25) is 0 Å². The van der Waals surface area contributed by atoms with Gasteiger partial charge in [-0.2, -0.15) is 5.26 Å². The summed E-state index contributed by atoms with van der Waals surface area (Å²) in [6, 6.07) is 21.5. The van der Waals surface area contributed by atoms with Crippen LogP contribution >= 0.6 is 0 Å². The molecule has 1 fully saturated rings. The number of rotatable bonds is 5. The van der Waals surface area contributed by atoms with Gasteiger partial charge in [0.05, 0.1) is 16.5 Å². The highest BCUT2D eigenvalue weighted by Gasteiger charge is 2.21. The summed E-state index contributed by atoms with van der Waals surface area (Å²) in [6.45, 7) is 6.37. The van der Waals surface area contributed by atoms with Crippen LogP contribution in [0.25, 0.3) is 0 Å². The lowest BCUT2D eigenvalue weighted by atomic mass is 10.2. The number of amides is 1. The van der Waals surface area contributed by atoms with Crippen LogP contribution in [0.4, 0.5) is 11.4 Å². The van der Waals surface area contributed by atoms with Gasteiger partial charge < -0.3 is 9.80 Å². The molecule has 0 atom stereocenters. The topological polar surface area (TPSA) is 93.5 Å². The molecule has 3 aromatic rings. The molecule has 8 heteroatoms. The maximum Gasteiger partial charge on any atom is 0.262 e. The summed E-state index contributed by atoms with van der Waals surface area (Å²) in [6.07, 6.45) is 0.833. The third kappa shape index (κ3) is 5.64. The lowest BCUT2D eigenvalue weighted by Crippen LogP contribution is -2.35. The maximum absolute atomic E-state index is 13.1. The monoisotopic (exact) mass is 488 g/mol. The van der Waals surface area contributed by atoms with Gasteiger partial charge in [0.25, 0.3) is 15.9 Å². The molecule has 1 heterocycles. The zero-order valence-electron chi connectivity index (χ0n) is 19.9. The largest absolute Gasteiger partial charge is 0.370 e. The number of sulfonamides is 1. The predicted octanol–water partition coefficient (Wildman–Crippen LogP) is 4.33. The van der Waals surface area contributed by atoms with Gasteiger partial charge in [0, 0.05) is 43.1 Å². The van der Waals surface area contributed by atoms with E-state index < -0.39 is 10.0 Å². The molecule has 0 aromatic heterocycles. The van der Waals surface area contributed by atoms with Gasteiger partial charge in [-0.05, 0) is 86.0 Å². The van der Waals surface area contributed by atoms with Gasteiger partial charge in [0.15, 0.2) is 0 Å². The van der Waals surface area contributed by atoms with Crippen LogP contribution < -0.4 is 9.62 Å². The van der Waals surface area contributed by atoms with Gasteiger partial charge in [0.1, 0.15) is 0 Å². The fourth-order valence-corrected chi connectivity index (χ4v) is 5.59. The highest BCUT2D eigenvalue weighted by Crippen LogP contribution is 2.22. The molecule has 4 rings (SSSR count). The average Bonchev–Trinajstić information content (AvgIpc) is 3.12. The first-order valence-electron chi connectivity index (χ1n) is 11.5. The van der Waals surface area contributed by atoms with Crippen molar-refractivity contribution in [2.45, 2.75) is 25.2 Å². The lowest BCUT2D eigenvalue weighted by Gasteiger charge is -2.24. The Morgan fingerprint density at radius 1 is 0.914 bits per heavy atom. The van der Waals surface area contributed by atoms with Gasteiger partial charge in [0.2, 0.25) is 0 Å². The summed E-state index contributed by atoms with van der Waals surface area (Å²) >= 11 is 0. The summed E-state index contributed by atoms with van der Waals surface area (Å²) in [7, 11) is -3.73. The van der Waals surface area contributed by atoms with Crippen molar-refractivity contribution in [2.24, 2.45) is 0 Å². The zero-order chi connectivity index (χ0) is 25.0. The first-order chi connectivity index (χ1) is 16.8. The van der Waals surface area contributed by atoms with E-state index in [4.69, 9.17) is 5.26 Å². The predicted molar refractivity (Wildman–Crippen MR) is 137 cm³/mol. The molecule has 35 heavy (non-hydrogen) atoms. The van der Waals surface area contributed by atoms with Crippen molar-refractivity contribution in [3.05, 3.63) is 89.0 Å². The van der Waals surface area contributed by atoms with Crippen LogP contribution in [0.5, 0.6) is 0 Å². The van der Waals surface area contributed by atoms with E-state index >= 15 is 0 Å². The van der Waals surface area contributed by atoms with E-state index in [1.54, 1.807) is 55.5 Å². The number of nitriles is 1. The second-order valence-electron chi connectivity index (χ2n) is 8.74. The zero-order valence-corrected chi connectivity index (χ0v) is 20.7. The SMILES string of the molecule is Cc1ccc(C)c(S(=O)(=O)Nc2ccc(C(=O)N3CCCN(c4ccc(C#N)cc4)CC3)cc2)c1. The van der Waals surface area contributed by atoms with Crippen molar-refractivity contribution in [3.63, 3.8) is 0 Å². The van der Waals surface area contributed by atoms with Crippen molar-refractivity contribution in [3.8, 4) is 6.07 Å². The number of nitrogens with zero attached hydrogens (tertiary/aromatic N) is 3. The van der Waals surface area contributed by atoms with E-state index in [0.29, 0.717) is 42.0 Å². The first-order valence-corrected chi connectivity index (χ1v) is 13.0. The number of hydrogen-bond donors (Lipinski definition) is 1. The van der Waals surface area contributed by atoms with Gasteiger partial charge in [-0.3, -0.25) is 9.52 Å². The second-order valence-corrected chi connectivity index (χ2v) is 10.4. The molecule has 1 N–H and O–H groups in total. The fourth-order valence-electron chi connectivity index (χ4n) is 4.20. The molecule has 0 saturated carbocycles. The van der Waals surface area contributed by atoms with Crippen molar-refractivity contribution >= 4 is 27.3 Å². The number of carbonyl (C=O) groups is 1. The minimum atomic E-state index is -3.73. The molecule has 0 spiro atoms. The fraction of sp³-hybridized carbons (Fsp3) is 0.259.